The molecule has 1 aromatic carbocycles. The van der Waals surface area contributed by atoms with Crippen molar-refractivity contribution < 1.29 is 4.79 Å². The molecule has 0 radical (unpaired) electrons. The van der Waals surface area contributed by atoms with E-state index in [1.807, 2.05) is 28.9 Å². The molecule has 1 aliphatic carbocycles. The van der Waals surface area contributed by atoms with E-state index in [1.165, 1.54) is 12.0 Å². The summed E-state index contributed by atoms with van der Waals surface area (Å²) in [6.45, 7) is 15.0. The highest BCUT2D eigenvalue weighted by molar-refractivity contribution is 5.93. The number of amides is 1. The molecule has 4 nitrogen and oxygen atoms in total. The van der Waals surface area contributed by atoms with Gasteiger partial charge in [0, 0.05) is 18.0 Å². The molecular weight excluding hydrogens is 358 g/mol. The fourth-order valence-electron chi connectivity index (χ4n) is 5.68. The van der Waals surface area contributed by atoms with Crippen LogP contribution in [0.1, 0.15) is 82.6 Å². The first-order chi connectivity index (χ1) is 13.5. The van der Waals surface area contributed by atoms with E-state index in [-0.39, 0.29) is 16.7 Å². The van der Waals surface area contributed by atoms with Crippen LogP contribution in [0, 0.1) is 10.8 Å². The number of carbonyl (C=O) groups is 1. The van der Waals surface area contributed by atoms with Crippen molar-refractivity contribution in [2.24, 2.45) is 10.8 Å². The number of hydrogen-bond acceptors (Lipinski definition) is 2. The summed E-state index contributed by atoms with van der Waals surface area (Å²) in [5, 5.41) is 4.87. The maximum absolute atomic E-state index is 13.8. The molecule has 2 aliphatic rings. The number of carbonyl (C=O) groups excluding carboxylic acids is 1. The minimum Gasteiger partial charge on any atom is -0.334 e. The third-order valence-corrected chi connectivity index (χ3v) is 6.62. The Bertz CT molecular complexity index is 906. The summed E-state index contributed by atoms with van der Waals surface area (Å²) in [5.74, 6) is 0.148. The molecule has 0 spiro atoms. The van der Waals surface area contributed by atoms with Gasteiger partial charge in [-0.05, 0) is 41.7 Å². The van der Waals surface area contributed by atoms with E-state index in [1.54, 1.807) is 0 Å². The molecule has 2 atom stereocenters. The van der Waals surface area contributed by atoms with E-state index in [0.717, 1.165) is 30.8 Å². The highest BCUT2D eigenvalue weighted by Gasteiger charge is 2.51. The molecule has 1 aliphatic heterocycles. The monoisotopic (exact) mass is 393 g/mol. The Hall–Kier alpha value is -2.10. The van der Waals surface area contributed by atoms with Gasteiger partial charge in [-0.2, -0.15) is 5.10 Å². The van der Waals surface area contributed by atoms with E-state index < -0.39 is 0 Å². The van der Waals surface area contributed by atoms with Gasteiger partial charge in [-0.1, -0.05) is 71.9 Å². The van der Waals surface area contributed by atoms with Gasteiger partial charge in [-0.15, -0.1) is 0 Å². The van der Waals surface area contributed by atoms with Crippen LogP contribution in [0.4, 0.5) is 0 Å². The predicted octanol–water partition coefficient (Wildman–Crippen LogP) is 5.27. The topological polar surface area (TPSA) is 38.1 Å². The van der Waals surface area contributed by atoms with Crippen LogP contribution in [-0.4, -0.2) is 33.2 Å². The van der Waals surface area contributed by atoms with Gasteiger partial charge >= 0.3 is 0 Å². The second-order valence-electron chi connectivity index (χ2n) is 11.5. The summed E-state index contributed by atoms with van der Waals surface area (Å²) in [6, 6.07) is 12.7. The van der Waals surface area contributed by atoms with Crippen molar-refractivity contribution in [1.82, 2.24) is 14.7 Å². The fraction of sp³-hybridized carbons (Fsp3) is 0.600. The minimum atomic E-state index is -0.0914. The van der Waals surface area contributed by atoms with Crippen molar-refractivity contribution in [2.75, 3.05) is 6.54 Å². The van der Waals surface area contributed by atoms with E-state index in [2.05, 4.69) is 58.6 Å². The lowest BCUT2D eigenvalue weighted by atomic mass is 9.65. The Morgan fingerprint density at radius 3 is 2.48 bits per heavy atom. The van der Waals surface area contributed by atoms with Crippen LogP contribution in [0.3, 0.4) is 0 Å². The molecule has 1 saturated heterocycles. The van der Waals surface area contributed by atoms with Crippen LogP contribution in [0.15, 0.2) is 36.4 Å². The van der Waals surface area contributed by atoms with E-state index in [9.17, 15) is 4.79 Å². The van der Waals surface area contributed by atoms with Gasteiger partial charge in [0.15, 0.2) is 0 Å². The average molecular weight is 394 g/mol. The molecule has 2 heterocycles. The first-order valence-corrected chi connectivity index (χ1v) is 10.9. The first-order valence-electron chi connectivity index (χ1n) is 10.9. The Morgan fingerprint density at radius 1 is 1.14 bits per heavy atom. The largest absolute Gasteiger partial charge is 0.334 e. The molecule has 1 amide bonds. The minimum absolute atomic E-state index is 0.0914. The van der Waals surface area contributed by atoms with Gasteiger partial charge in [0.2, 0.25) is 0 Å². The second kappa shape index (κ2) is 6.72. The molecule has 4 heteroatoms. The SMILES string of the molecule is CC1(C)C[C@@H]2C[C@@](C)(CN2C(=O)c2cc(C(C)(C)C)nn2Cc2ccccc2)C1. The number of benzene rings is 1. The molecule has 0 N–H and O–H groups in total. The van der Waals surface area contributed by atoms with Gasteiger partial charge < -0.3 is 4.90 Å². The molecule has 2 aromatic rings. The summed E-state index contributed by atoms with van der Waals surface area (Å²) in [7, 11) is 0. The normalized spacial score (nSPS) is 26.0. The molecule has 0 unspecified atom stereocenters. The fourth-order valence-corrected chi connectivity index (χ4v) is 5.68. The number of fused-ring (bicyclic) bond motifs is 2. The van der Waals surface area contributed by atoms with Crippen molar-refractivity contribution in [1.29, 1.82) is 0 Å². The van der Waals surface area contributed by atoms with Crippen LogP contribution in [0.2, 0.25) is 0 Å². The van der Waals surface area contributed by atoms with Crippen LogP contribution < -0.4 is 0 Å². The Kier molecular flexibility index (Phi) is 4.67. The Labute approximate surface area is 175 Å². The zero-order valence-electron chi connectivity index (χ0n) is 18.8. The van der Waals surface area contributed by atoms with Crippen molar-refractivity contribution in [3.8, 4) is 0 Å². The van der Waals surface area contributed by atoms with Crippen LogP contribution >= 0.6 is 0 Å². The summed E-state index contributed by atoms with van der Waals surface area (Å²) >= 11 is 0. The summed E-state index contributed by atoms with van der Waals surface area (Å²) in [5.41, 5.74) is 3.31. The van der Waals surface area contributed by atoms with Gasteiger partial charge in [0.1, 0.15) is 5.69 Å². The lowest BCUT2D eigenvalue weighted by Crippen LogP contribution is -2.38. The lowest BCUT2D eigenvalue weighted by molar-refractivity contribution is 0.0696. The number of nitrogens with zero attached hydrogens (tertiary/aromatic N) is 3. The predicted molar refractivity (Wildman–Crippen MR) is 117 cm³/mol. The van der Waals surface area contributed by atoms with E-state index in [4.69, 9.17) is 5.10 Å². The van der Waals surface area contributed by atoms with Gasteiger partial charge in [0.05, 0.1) is 12.2 Å². The molecule has 29 heavy (non-hydrogen) atoms. The smallest absolute Gasteiger partial charge is 0.272 e. The maximum Gasteiger partial charge on any atom is 0.272 e. The van der Waals surface area contributed by atoms with Crippen LogP contribution in [0.25, 0.3) is 0 Å². The van der Waals surface area contributed by atoms with E-state index >= 15 is 0 Å². The summed E-state index contributed by atoms with van der Waals surface area (Å²) < 4.78 is 1.92. The Morgan fingerprint density at radius 2 is 1.83 bits per heavy atom. The molecule has 2 bridgehead atoms. The second-order valence-corrected chi connectivity index (χ2v) is 11.5. The molecular formula is C25H35N3O. The number of likely N-dealkylation sites (tertiary alicyclic amines) is 1. The maximum atomic E-state index is 13.8. The number of aromatic nitrogens is 2. The standard InChI is InChI=1S/C25H35N3O/c1-23(2,3)21-12-20(28(26-21)15-18-10-8-7-9-11-18)22(29)27-17-25(6)14-19(27)13-24(4,5)16-25/h7-12,19H,13-17H2,1-6H3/t19-,25-/m1/s1. The van der Waals surface area contributed by atoms with Gasteiger partial charge in [0.25, 0.3) is 5.91 Å². The molecule has 1 aromatic heterocycles. The Balaban J connectivity index is 1.68. The zero-order valence-corrected chi connectivity index (χ0v) is 18.8. The van der Waals surface area contributed by atoms with Crippen LogP contribution in [0.5, 0.6) is 0 Å². The first kappa shape index (κ1) is 20.2. The van der Waals surface area contributed by atoms with E-state index in [0.29, 0.717) is 18.0 Å². The molecule has 2 fully saturated rings. The quantitative estimate of drug-likeness (QED) is 0.712. The third kappa shape index (κ3) is 3.99. The highest BCUT2D eigenvalue weighted by atomic mass is 16.2. The van der Waals surface area contributed by atoms with Gasteiger partial charge in [-0.25, -0.2) is 0 Å². The lowest BCUT2D eigenvalue weighted by Gasteiger charge is -2.39. The third-order valence-electron chi connectivity index (χ3n) is 6.62. The van der Waals surface area contributed by atoms with Crippen molar-refractivity contribution in [2.45, 2.75) is 78.8 Å². The summed E-state index contributed by atoms with van der Waals surface area (Å²) in [4.78, 5) is 15.9. The number of rotatable bonds is 3. The molecule has 156 valence electrons. The van der Waals surface area contributed by atoms with Crippen molar-refractivity contribution in [3.63, 3.8) is 0 Å². The molecule has 1 saturated carbocycles. The van der Waals surface area contributed by atoms with Gasteiger partial charge in [-0.3, -0.25) is 9.48 Å². The van der Waals surface area contributed by atoms with Crippen molar-refractivity contribution >= 4 is 5.91 Å². The highest BCUT2D eigenvalue weighted by Crippen LogP contribution is 2.52. The van der Waals surface area contributed by atoms with Crippen LogP contribution in [-0.2, 0) is 12.0 Å². The number of hydrogen-bond donors (Lipinski definition) is 0. The average Bonchev–Trinajstić information content (AvgIpc) is 3.12. The van der Waals surface area contributed by atoms with Crippen molar-refractivity contribution in [3.05, 3.63) is 53.3 Å². The zero-order chi connectivity index (χ0) is 21.0. The summed E-state index contributed by atoms with van der Waals surface area (Å²) in [6.07, 6.45) is 3.41. The molecule has 4 rings (SSSR count).